The molecule has 28 heavy (non-hydrogen) atoms. The minimum Gasteiger partial charge on any atom is -0.493 e. The molecule has 1 aromatic rings. The van der Waals surface area contributed by atoms with Gasteiger partial charge in [0.15, 0.2) is 0 Å². The van der Waals surface area contributed by atoms with Gasteiger partial charge in [0.25, 0.3) is 0 Å². The second-order valence-electron chi connectivity index (χ2n) is 7.95. The summed E-state index contributed by atoms with van der Waals surface area (Å²) in [6.07, 6.45) is 21.1. The second-order valence-corrected chi connectivity index (χ2v) is 7.95. The van der Waals surface area contributed by atoms with E-state index < -0.39 is 0 Å². The van der Waals surface area contributed by atoms with E-state index in [1.54, 1.807) is 0 Å². The van der Waals surface area contributed by atoms with Gasteiger partial charge in [-0.1, -0.05) is 104 Å². The van der Waals surface area contributed by atoms with Crippen molar-refractivity contribution in [1.82, 2.24) is 0 Å². The topological polar surface area (TPSA) is 18.5 Å². The van der Waals surface area contributed by atoms with E-state index in [4.69, 9.17) is 9.47 Å². The third-order valence-corrected chi connectivity index (χ3v) is 5.20. The Kier molecular flexibility index (Phi) is 17.0. The molecule has 0 fully saturated rings. The van der Waals surface area contributed by atoms with Gasteiger partial charge >= 0.3 is 0 Å². The minimum atomic E-state index is 0.776. The zero-order valence-corrected chi connectivity index (χ0v) is 18.7. The molecular formula is C26H44O2. The van der Waals surface area contributed by atoms with Crippen LogP contribution < -0.4 is 9.47 Å². The molecule has 2 nitrogen and oxygen atoms in total. The van der Waals surface area contributed by atoms with E-state index in [9.17, 15) is 0 Å². The molecule has 1 rings (SSSR count). The number of rotatable bonds is 20. The molecule has 0 unspecified atom stereocenters. The van der Waals surface area contributed by atoms with Gasteiger partial charge in [0, 0.05) is 12.1 Å². The van der Waals surface area contributed by atoms with Crippen molar-refractivity contribution >= 4 is 0 Å². The van der Waals surface area contributed by atoms with Gasteiger partial charge in [-0.2, -0.15) is 0 Å². The maximum atomic E-state index is 5.76. The molecular weight excluding hydrogens is 344 g/mol. The largest absolute Gasteiger partial charge is 0.493 e. The van der Waals surface area contributed by atoms with Gasteiger partial charge in [0.2, 0.25) is 0 Å². The Morgan fingerprint density at radius 2 is 0.821 bits per heavy atom. The van der Waals surface area contributed by atoms with E-state index >= 15 is 0 Å². The quantitative estimate of drug-likeness (QED) is 0.209. The lowest BCUT2D eigenvalue weighted by molar-refractivity contribution is 0.295. The molecule has 0 saturated heterocycles. The first-order valence-electron chi connectivity index (χ1n) is 12.1. The summed E-state index contributed by atoms with van der Waals surface area (Å²) >= 11 is 0. The fourth-order valence-corrected chi connectivity index (χ4v) is 3.36. The SMILES string of the molecule is CCCCCCCCCCOc1[c]cc(OCCCCCCCCCC)[c]c1. The average molecular weight is 389 g/mol. The number of unbranched alkanes of at least 4 members (excludes halogenated alkanes) is 14. The Labute approximate surface area is 175 Å². The summed E-state index contributed by atoms with van der Waals surface area (Å²) in [5, 5.41) is 0. The molecule has 160 valence electrons. The van der Waals surface area contributed by atoms with Gasteiger partial charge in [-0.3, -0.25) is 0 Å². The molecule has 2 heteroatoms. The Bertz CT molecular complexity index is 386. The lowest BCUT2D eigenvalue weighted by atomic mass is 10.1. The van der Waals surface area contributed by atoms with Gasteiger partial charge < -0.3 is 9.47 Å². The maximum absolute atomic E-state index is 5.76. The van der Waals surface area contributed by atoms with Crippen LogP contribution in [0.4, 0.5) is 0 Å². The molecule has 0 spiro atoms. The number of hydrogen-bond acceptors (Lipinski definition) is 2. The van der Waals surface area contributed by atoms with E-state index in [2.05, 4.69) is 26.0 Å². The molecule has 0 aliphatic heterocycles. The van der Waals surface area contributed by atoms with Crippen LogP contribution in [-0.2, 0) is 0 Å². The van der Waals surface area contributed by atoms with Crippen molar-refractivity contribution in [1.29, 1.82) is 0 Å². The van der Waals surface area contributed by atoms with Crippen molar-refractivity contribution in [2.24, 2.45) is 0 Å². The fraction of sp³-hybridized carbons (Fsp3) is 0.769. The molecule has 0 bridgehead atoms. The number of hydrogen-bond donors (Lipinski definition) is 0. The Balaban J connectivity index is 1.94. The van der Waals surface area contributed by atoms with E-state index in [1.807, 2.05) is 12.1 Å². The van der Waals surface area contributed by atoms with Crippen LogP contribution in [0.15, 0.2) is 12.1 Å². The molecule has 0 aliphatic rings. The molecule has 1 aromatic carbocycles. The molecule has 0 saturated carbocycles. The molecule has 0 heterocycles. The highest BCUT2D eigenvalue weighted by atomic mass is 16.5. The summed E-state index contributed by atoms with van der Waals surface area (Å²) in [7, 11) is 0. The van der Waals surface area contributed by atoms with Crippen molar-refractivity contribution in [3.63, 3.8) is 0 Å². The van der Waals surface area contributed by atoms with Crippen molar-refractivity contribution < 1.29 is 9.47 Å². The lowest BCUT2D eigenvalue weighted by Crippen LogP contribution is -1.99. The molecule has 0 N–H and O–H groups in total. The summed E-state index contributed by atoms with van der Waals surface area (Å²) in [5.41, 5.74) is 0. The first-order valence-corrected chi connectivity index (χ1v) is 12.1. The highest BCUT2D eigenvalue weighted by molar-refractivity contribution is 5.28. The summed E-state index contributed by atoms with van der Waals surface area (Å²) in [6.45, 7) is 6.08. The maximum Gasteiger partial charge on any atom is 0.128 e. The van der Waals surface area contributed by atoms with Gasteiger partial charge in [0.05, 0.1) is 13.2 Å². The van der Waals surface area contributed by atoms with Crippen LogP contribution in [0.5, 0.6) is 11.5 Å². The van der Waals surface area contributed by atoms with Crippen molar-refractivity contribution in [2.45, 2.75) is 117 Å². The van der Waals surface area contributed by atoms with Crippen LogP contribution in [0.3, 0.4) is 0 Å². The van der Waals surface area contributed by atoms with E-state index in [0.29, 0.717) is 0 Å². The molecule has 0 atom stereocenters. The van der Waals surface area contributed by atoms with E-state index in [0.717, 1.165) is 37.6 Å². The van der Waals surface area contributed by atoms with Crippen molar-refractivity contribution in [3.8, 4) is 11.5 Å². The summed E-state index contributed by atoms with van der Waals surface area (Å²) < 4.78 is 11.5. The number of ether oxygens (including phenoxy) is 2. The van der Waals surface area contributed by atoms with Crippen LogP contribution in [0.2, 0.25) is 0 Å². The van der Waals surface area contributed by atoms with Gasteiger partial charge in [-0.15, -0.1) is 0 Å². The van der Waals surface area contributed by atoms with Gasteiger partial charge in [0.1, 0.15) is 11.5 Å². The van der Waals surface area contributed by atoms with Crippen LogP contribution in [0.1, 0.15) is 117 Å². The predicted molar refractivity (Wildman–Crippen MR) is 120 cm³/mol. The highest BCUT2D eigenvalue weighted by Gasteiger charge is 1.99. The Morgan fingerprint density at radius 3 is 1.14 bits per heavy atom. The van der Waals surface area contributed by atoms with Crippen LogP contribution in [-0.4, -0.2) is 13.2 Å². The number of benzene rings is 1. The summed E-state index contributed by atoms with van der Waals surface area (Å²) in [5.74, 6) is 1.56. The van der Waals surface area contributed by atoms with E-state index in [-0.39, 0.29) is 0 Å². The summed E-state index contributed by atoms with van der Waals surface area (Å²) in [4.78, 5) is 0. The van der Waals surface area contributed by atoms with Crippen LogP contribution >= 0.6 is 0 Å². The fourth-order valence-electron chi connectivity index (χ4n) is 3.36. The minimum absolute atomic E-state index is 0.776. The predicted octanol–water partition coefficient (Wildman–Crippen LogP) is 8.33. The molecule has 0 aromatic heterocycles. The molecule has 0 aliphatic carbocycles. The van der Waals surface area contributed by atoms with Crippen LogP contribution in [0.25, 0.3) is 0 Å². The Hall–Kier alpha value is -1.18. The van der Waals surface area contributed by atoms with Crippen LogP contribution in [0, 0.1) is 12.1 Å². The van der Waals surface area contributed by atoms with Gasteiger partial charge in [-0.05, 0) is 25.0 Å². The molecule has 2 radical (unpaired) electrons. The first kappa shape index (κ1) is 24.9. The third kappa shape index (κ3) is 14.8. The zero-order chi connectivity index (χ0) is 20.1. The van der Waals surface area contributed by atoms with Gasteiger partial charge in [-0.25, -0.2) is 0 Å². The van der Waals surface area contributed by atoms with Crippen molar-refractivity contribution in [3.05, 3.63) is 24.3 Å². The molecule has 0 amide bonds. The normalized spacial score (nSPS) is 10.9. The van der Waals surface area contributed by atoms with Crippen molar-refractivity contribution in [2.75, 3.05) is 13.2 Å². The lowest BCUT2D eigenvalue weighted by Gasteiger charge is -2.08. The second kappa shape index (κ2) is 19.2. The highest BCUT2D eigenvalue weighted by Crippen LogP contribution is 2.17. The Morgan fingerprint density at radius 1 is 0.500 bits per heavy atom. The zero-order valence-electron chi connectivity index (χ0n) is 18.7. The monoisotopic (exact) mass is 388 g/mol. The first-order chi connectivity index (χ1) is 13.9. The average Bonchev–Trinajstić information content (AvgIpc) is 2.72. The summed E-state index contributed by atoms with van der Waals surface area (Å²) in [6, 6.07) is 10.0. The smallest absolute Gasteiger partial charge is 0.128 e. The van der Waals surface area contributed by atoms with E-state index in [1.165, 1.54) is 89.9 Å². The third-order valence-electron chi connectivity index (χ3n) is 5.20. The standard InChI is InChI=1S/C26H44O2/c1-3-5-7-9-11-13-15-17-23-27-25-19-21-26(22-20-25)28-24-18-16-14-12-10-8-6-4-2/h19,22H,3-18,23-24H2,1-2H3.